The van der Waals surface area contributed by atoms with Crippen LogP contribution in [-0.2, 0) is 16.0 Å². The van der Waals surface area contributed by atoms with Crippen molar-refractivity contribution in [3.63, 3.8) is 0 Å². The molecule has 2 rings (SSSR count). The topological polar surface area (TPSA) is 124 Å². The number of H-pyrrole nitrogens is 1. The Morgan fingerprint density at radius 1 is 1.43 bits per heavy atom. The lowest BCUT2D eigenvalue weighted by Crippen LogP contribution is -2.73. The van der Waals surface area contributed by atoms with E-state index in [0.29, 0.717) is 5.69 Å². The van der Waals surface area contributed by atoms with Crippen molar-refractivity contribution in [1.82, 2.24) is 9.97 Å². The Labute approximate surface area is 130 Å². The van der Waals surface area contributed by atoms with E-state index in [1.165, 1.54) is 37.4 Å². The smallest absolute Gasteiger partial charge is 0.325 e. The summed E-state index contributed by atoms with van der Waals surface area (Å²) in [6, 6.07) is 6.71. The van der Waals surface area contributed by atoms with E-state index in [-0.39, 0.29) is 29.8 Å². The van der Waals surface area contributed by atoms with Crippen LogP contribution in [0.25, 0.3) is 0 Å². The van der Waals surface area contributed by atoms with Crippen LogP contribution in [0.2, 0.25) is 0 Å². The monoisotopic (exact) mass is 320 g/mol. The number of methoxy groups -OCH3 is 1. The minimum atomic E-state index is -0.518. The molecule has 1 aromatic carbocycles. The van der Waals surface area contributed by atoms with Gasteiger partial charge in [-0.25, -0.2) is 14.4 Å². The molecule has 23 heavy (non-hydrogen) atoms. The van der Waals surface area contributed by atoms with Gasteiger partial charge in [-0.15, -0.1) is 4.98 Å². The Morgan fingerprint density at radius 3 is 2.78 bits per heavy atom. The first kappa shape index (κ1) is 16.1. The number of rotatable bonds is 4. The van der Waals surface area contributed by atoms with Gasteiger partial charge in [0.05, 0.1) is 19.2 Å². The van der Waals surface area contributed by atoms with E-state index >= 15 is 0 Å². The van der Waals surface area contributed by atoms with E-state index in [4.69, 9.17) is 5.73 Å². The summed E-state index contributed by atoms with van der Waals surface area (Å²) in [5, 5.41) is 2.77. The lowest BCUT2D eigenvalue weighted by molar-refractivity contribution is -0.365. The molecule has 0 amide bonds. The maximum Gasteiger partial charge on any atom is 0.325 e. The Morgan fingerprint density at radius 2 is 2.13 bits per heavy atom. The highest BCUT2D eigenvalue weighted by Crippen LogP contribution is 2.06. The first-order valence-corrected chi connectivity index (χ1v) is 6.55. The SMILES string of the molecule is COC(=O)Cc1cc(=O)[nH]c([NH+]=C(N)Nc2ccc(F)cc2)n1. The van der Waals surface area contributed by atoms with Gasteiger partial charge in [0.1, 0.15) is 11.5 Å². The van der Waals surface area contributed by atoms with Gasteiger partial charge in [-0.1, -0.05) is 0 Å². The van der Waals surface area contributed by atoms with Crippen molar-refractivity contribution in [1.29, 1.82) is 0 Å². The number of carbonyl (C=O) groups excluding carboxylic acids is 1. The minimum absolute atomic E-state index is 0.0588. The number of guanidine groups is 1. The van der Waals surface area contributed by atoms with Crippen LogP contribution in [0.4, 0.5) is 16.0 Å². The molecule has 0 saturated carbocycles. The number of hydrogen-bond acceptors (Lipinski definition) is 4. The predicted molar refractivity (Wildman–Crippen MR) is 80.4 cm³/mol. The molecule has 0 bridgehead atoms. The first-order chi connectivity index (χ1) is 11.0. The number of benzene rings is 1. The van der Waals surface area contributed by atoms with Crippen LogP contribution in [0, 0.1) is 5.82 Å². The molecule has 120 valence electrons. The highest BCUT2D eigenvalue weighted by atomic mass is 19.1. The van der Waals surface area contributed by atoms with Crippen molar-refractivity contribution in [2.45, 2.75) is 6.42 Å². The molecule has 5 N–H and O–H groups in total. The number of nitrogens with two attached hydrogens (primary N) is 1. The molecule has 0 saturated heterocycles. The summed E-state index contributed by atoms with van der Waals surface area (Å²) in [7, 11) is 1.24. The average molecular weight is 320 g/mol. The predicted octanol–water partition coefficient (Wildman–Crippen LogP) is -1.24. The van der Waals surface area contributed by atoms with Gasteiger partial charge in [-0.05, 0) is 24.3 Å². The van der Waals surface area contributed by atoms with Gasteiger partial charge in [-0.2, -0.15) is 0 Å². The van der Waals surface area contributed by atoms with Crippen LogP contribution in [0.15, 0.2) is 35.1 Å². The van der Waals surface area contributed by atoms with Crippen molar-refractivity contribution in [3.8, 4) is 0 Å². The Kier molecular flexibility index (Phi) is 5.03. The second-order valence-corrected chi connectivity index (χ2v) is 4.51. The van der Waals surface area contributed by atoms with Gasteiger partial charge in [0, 0.05) is 6.07 Å². The number of hydrogen-bond donors (Lipinski definition) is 4. The van der Waals surface area contributed by atoms with Gasteiger partial charge in [0.2, 0.25) is 0 Å². The summed E-state index contributed by atoms with van der Waals surface area (Å²) >= 11 is 0. The van der Waals surface area contributed by atoms with Crippen LogP contribution in [-0.4, -0.2) is 29.0 Å². The number of ether oxygens (including phenoxy) is 1. The molecule has 1 heterocycles. The van der Waals surface area contributed by atoms with Crippen molar-refractivity contribution in [3.05, 3.63) is 52.2 Å². The van der Waals surface area contributed by atoms with Crippen LogP contribution in [0.1, 0.15) is 5.69 Å². The molecule has 1 aromatic heterocycles. The summed E-state index contributed by atoms with van der Waals surface area (Å²) in [5.41, 5.74) is 6.08. The third kappa shape index (κ3) is 4.92. The molecule has 0 fully saturated rings. The number of carbonyl (C=O) groups is 1. The van der Waals surface area contributed by atoms with E-state index in [1.54, 1.807) is 0 Å². The molecule has 9 heteroatoms. The molecule has 0 radical (unpaired) electrons. The van der Waals surface area contributed by atoms with Crippen LogP contribution < -0.4 is 21.6 Å². The van der Waals surface area contributed by atoms with Crippen LogP contribution >= 0.6 is 0 Å². The molecule has 0 unspecified atom stereocenters. The lowest BCUT2D eigenvalue weighted by Gasteiger charge is -2.01. The van der Waals surface area contributed by atoms with Crippen LogP contribution in [0.3, 0.4) is 0 Å². The van der Waals surface area contributed by atoms with Gasteiger partial charge < -0.3 is 10.5 Å². The van der Waals surface area contributed by atoms with E-state index in [1.807, 2.05) is 0 Å². The minimum Gasteiger partial charge on any atom is -0.469 e. The van der Waals surface area contributed by atoms with E-state index < -0.39 is 11.5 Å². The van der Waals surface area contributed by atoms with Crippen molar-refractivity contribution in [2.24, 2.45) is 5.73 Å². The highest BCUT2D eigenvalue weighted by molar-refractivity contribution is 5.88. The fourth-order valence-electron chi connectivity index (χ4n) is 1.73. The summed E-state index contributed by atoms with van der Waals surface area (Å²) in [5.74, 6) is -0.766. The normalized spacial score (nSPS) is 11.1. The van der Waals surface area contributed by atoms with E-state index in [2.05, 4.69) is 25.0 Å². The molecule has 0 atom stereocenters. The standard InChI is InChI=1S/C14H14FN5O3/c1-23-12(22)7-10-6-11(21)19-14(18-10)20-13(16)17-9-4-2-8(15)3-5-9/h2-6H,7H2,1H3,(H4,16,17,18,19,20,21)/p+1. The molecule has 2 aromatic rings. The van der Waals surface area contributed by atoms with E-state index in [9.17, 15) is 14.0 Å². The number of nitrogens with zero attached hydrogens (tertiary/aromatic N) is 1. The van der Waals surface area contributed by atoms with Gasteiger partial charge in [0.25, 0.3) is 11.5 Å². The fourth-order valence-corrected chi connectivity index (χ4v) is 1.73. The molecular formula is C14H15FN5O3+. The quantitative estimate of drug-likeness (QED) is 0.317. The lowest BCUT2D eigenvalue weighted by atomic mass is 10.3. The molecule has 0 aliphatic carbocycles. The van der Waals surface area contributed by atoms with Gasteiger partial charge in [-0.3, -0.25) is 14.9 Å². The number of halogens is 1. The largest absolute Gasteiger partial charge is 0.469 e. The number of esters is 1. The number of aromatic amines is 1. The fraction of sp³-hybridized carbons (Fsp3) is 0.143. The molecule has 0 spiro atoms. The highest BCUT2D eigenvalue weighted by Gasteiger charge is 2.10. The number of anilines is 1. The Balaban J connectivity index is 2.18. The first-order valence-electron chi connectivity index (χ1n) is 6.55. The number of nitrogens with one attached hydrogen (secondary N) is 3. The number of aromatic nitrogens is 2. The van der Waals surface area contributed by atoms with Crippen molar-refractivity contribution in [2.75, 3.05) is 12.4 Å². The maximum atomic E-state index is 12.8. The summed E-state index contributed by atoms with van der Waals surface area (Å²) in [6.45, 7) is 0. The molecule has 8 nitrogen and oxygen atoms in total. The summed E-state index contributed by atoms with van der Waals surface area (Å²) < 4.78 is 17.3. The average Bonchev–Trinajstić information content (AvgIpc) is 2.48. The third-order valence-corrected chi connectivity index (χ3v) is 2.72. The van der Waals surface area contributed by atoms with Crippen molar-refractivity contribution < 1.29 is 18.9 Å². The molecule has 0 aliphatic heterocycles. The van der Waals surface area contributed by atoms with Crippen LogP contribution in [0.5, 0.6) is 0 Å². The van der Waals surface area contributed by atoms with Gasteiger partial charge >= 0.3 is 11.9 Å². The zero-order valence-corrected chi connectivity index (χ0v) is 12.2. The third-order valence-electron chi connectivity index (χ3n) is 2.72. The van der Waals surface area contributed by atoms with Crippen molar-refractivity contribution >= 4 is 23.6 Å². The second kappa shape index (κ2) is 7.16. The summed E-state index contributed by atoms with van der Waals surface area (Å²) in [6.07, 6.45) is -0.138. The summed E-state index contributed by atoms with van der Waals surface area (Å²) in [4.78, 5) is 31.9. The zero-order chi connectivity index (χ0) is 16.8. The molecule has 0 aliphatic rings. The molecular weight excluding hydrogens is 305 g/mol. The van der Waals surface area contributed by atoms with E-state index in [0.717, 1.165) is 0 Å². The van der Waals surface area contributed by atoms with Gasteiger partial charge in [0.15, 0.2) is 0 Å². The Bertz CT molecular complexity index is 786. The zero-order valence-electron chi connectivity index (χ0n) is 12.2. The maximum absolute atomic E-state index is 12.8. The Hall–Kier alpha value is -3.23. The second-order valence-electron chi connectivity index (χ2n) is 4.51.